The van der Waals surface area contributed by atoms with Gasteiger partial charge in [-0.3, -0.25) is 4.79 Å². The number of aryl methyl sites for hydroxylation is 1. The molecule has 2 unspecified atom stereocenters. The molecule has 0 saturated heterocycles. The summed E-state index contributed by atoms with van der Waals surface area (Å²) in [6.07, 6.45) is 1.33. The summed E-state index contributed by atoms with van der Waals surface area (Å²) < 4.78 is 11.2. The van der Waals surface area contributed by atoms with Crippen LogP contribution in [0.25, 0.3) is 0 Å². The van der Waals surface area contributed by atoms with Crippen LogP contribution in [0.1, 0.15) is 60.8 Å². The summed E-state index contributed by atoms with van der Waals surface area (Å²) in [5.74, 6) is -0.959. The van der Waals surface area contributed by atoms with Gasteiger partial charge in [0.15, 0.2) is 5.76 Å². The van der Waals surface area contributed by atoms with Gasteiger partial charge < -0.3 is 19.2 Å². The largest absolute Gasteiger partial charge is 0.478 e. The molecule has 23 heavy (non-hydrogen) atoms. The highest BCUT2D eigenvalue weighted by molar-refractivity contribution is 5.96. The van der Waals surface area contributed by atoms with Crippen LogP contribution in [-0.2, 0) is 11.2 Å². The van der Waals surface area contributed by atoms with Crippen LogP contribution in [0.2, 0.25) is 0 Å². The van der Waals surface area contributed by atoms with Crippen molar-refractivity contribution in [2.24, 2.45) is 5.41 Å². The number of nitrogens with zero attached hydrogens (tertiary/aromatic N) is 1. The average molecular weight is 323 g/mol. The van der Waals surface area contributed by atoms with E-state index in [1.165, 1.54) is 6.07 Å². The molecule has 1 saturated carbocycles. The van der Waals surface area contributed by atoms with Gasteiger partial charge in [0.2, 0.25) is 0 Å². The summed E-state index contributed by atoms with van der Waals surface area (Å²) >= 11 is 0. The molecule has 1 N–H and O–H groups in total. The number of amides is 1. The molecule has 6 nitrogen and oxygen atoms in total. The van der Waals surface area contributed by atoms with Crippen molar-refractivity contribution in [1.29, 1.82) is 0 Å². The first-order valence-electron chi connectivity index (χ1n) is 7.98. The topological polar surface area (TPSA) is 80.0 Å². The summed E-state index contributed by atoms with van der Waals surface area (Å²) in [6.45, 7) is 8.56. The minimum Gasteiger partial charge on any atom is -0.478 e. The zero-order valence-corrected chi connectivity index (χ0v) is 14.4. The fraction of sp³-hybridized carbons (Fsp3) is 0.647. The van der Waals surface area contributed by atoms with Gasteiger partial charge >= 0.3 is 5.97 Å². The molecule has 0 radical (unpaired) electrons. The molecular formula is C17H25NO5. The molecular weight excluding hydrogens is 298 g/mol. The second-order valence-corrected chi connectivity index (χ2v) is 6.54. The molecule has 1 heterocycles. The Morgan fingerprint density at radius 1 is 1.43 bits per heavy atom. The van der Waals surface area contributed by atoms with E-state index >= 15 is 0 Å². The molecule has 0 aromatic carbocycles. The molecule has 1 fully saturated rings. The number of hydrogen-bond acceptors (Lipinski definition) is 4. The molecule has 1 aliphatic rings. The molecule has 2 atom stereocenters. The first kappa shape index (κ1) is 17.5. The van der Waals surface area contributed by atoms with E-state index < -0.39 is 5.97 Å². The third kappa shape index (κ3) is 3.00. The van der Waals surface area contributed by atoms with Gasteiger partial charge in [-0.25, -0.2) is 4.79 Å². The zero-order valence-electron chi connectivity index (χ0n) is 14.4. The van der Waals surface area contributed by atoms with Crippen molar-refractivity contribution in [3.63, 3.8) is 0 Å². The monoisotopic (exact) mass is 323 g/mol. The van der Waals surface area contributed by atoms with Crippen LogP contribution in [0.4, 0.5) is 0 Å². The van der Waals surface area contributed by atoms with Gasteiger partial charge in [-0.1, -0.05) is 20.8 Å². The van der Waals surface area contributed by atoms with Crippen molar-refractivity contribution in [3.05, 3.63) is 23.2 Å². The molecule has 1 amide bonds. The lowest BCUT2D eigenvalue weighted by Crippen LogP contribution is -2.62. The van der Waals surface area contributed by atoms with E-state index in [4.69, 9.17) is 9.15 Å². The highest BCUT2D eigenvalue weighted by Gasteiger charge is 2.52. The number of rotatable bonds is 6. The van der Waals surface area contributed by atoms with Crippen molar-refractivity contribution in [2.75, 3.05) is 13.7 Å². The summed E-state index contributed by atoms with van der Waals surface area (Å²) in [5, 5.41) is 9.17. The van der Waals surface area contributed by atoms with Gasteiger partial charge in [0.05, 0.1) is 6.10 Å². The Kier molecular flexibility index (Phi) is 4.84. The normalized spacial score (nSPS) is 22.5. The number of carboxylic acids is 1. The van der Waals surface area contributed by atoms with Crippen LogP contribution in [0.5, 0.6) is 0 Å². The molecule has 0 aliphatic heterocycles. The van der Waals surface area contributed by atoms with E-state index in [0.717, 1.165) is 6.42 Å². The predicted molar refractivity (Wildman–Crippen MR) is 84.7 cm³/mol. The summed E-state index contributed by atoms with van der Waals surface area (Å²) in [7, 11) is 1.73. The lowest BCUT2D eigenvalue weighted by molar-refractivity contribution is -0.137. The maximum atomic E-state index is 12.6. The first-order valence-corrected chi connectivity index (χ1v) is 7.98. The molecule has 0 bridgehead atoms. The predicted octanol–water partition coefficient (Wildman–Crippen LogP) is 2.82. The van der Waals surface area contributed by atoms with Crippen LogP contribution < -0.4 is 0 Å². The molecule has 1 aliphatic carbocycles. The van der Waals surface area contributed by atoms with Gasteiger partial charge in [-0.15, -0.1) is 0 Å². The second kappa shape index (κ2) is 6.35. The molecule has 2 rings (SSSR count). The molecule has 1 aromatic heterocycles. The number of hydrogen-bond donors (Lipinski definition) is 1. The Morgan fingerprint density at radius 3 is 2.52 bits per heavy atom. The zero-order chi connectivity index (χ0) is 17.4. The Labute approximate surface area is 136 Å². The van der Waals surface area contributed by atoms with Gasteiger partial charge in [0.1, 0.15) is 11.3 Å². The van der Waals surface area contributed by atoms with Gasteiger partial charge in [0.25, 0.3) is 5.91 Å². The first-order chi connectivity index (χ1) is 10.7. The van der Waals surface area contributed by atoms with Crippen LogP contribution in [0, 0.1) is 5.41 Å². The van der Waals surface area contributed by atoms with E-state index in [1.807, 2.05) is 6.92 Å². The van der Waals surface area contributed by atoms with Crippen molar-refractivity contribution in [2.45, 2.75) is 52.7 Å². The van der Waals surface area contributed by atoms with E-state index in [9.17, 15) is 14.7 Å². The minimum absolute atomic E-state index is 0.0370. The smallest absolute Gasteiger partial charge is 0.339 e. The molecule has 0 spiro atoms. The van der Waals surface area contributed by atoms with Crippen molar-refractivity contribution in [3.8, 4) is 0 Å². The van der Waals surface area contributed by atoms with Crippen LogP contribution in [0.15, 0.2) is 10.5 Å². The lowest BCUT2D eigenvalue weighted by atomic mass is 9.63. The summed E-state index contributed by atoms with van der Waals surface area (Å²) in [6, 6.07) is 1.36. The molecule has 128 valence electrons. The Bertz CT molecular complexity index is 604. The van der Waals surface area contributed by atoms with Crippen molar-refractivity contribution >= 4 is 11.9 Å². The third-order valence-corrected chi connectivity index (χ3v) is 4.85. The van der Waals surface area contributed by atoms with Crippen molar-refractivity contribution in [1.82, 2.24) is 4.90 Å². The average Bonchev–Trinajstić information content (AvgIpc) is 2.94. The van der Waals surface area contributed by atoms with Crippen LogP contribution in [-0.4, -0.2) is 47.7 Å². The van der Waals surface area contributed by atoms with Gasteiger partial charge in [-0.2, -0.15) is 0 Å². The second-order valence-electron chi connectivity index (χ2n) is 6.54. The number of ether oxygens (including phenoxy) is 1. The van der Waals surface area contributed by atoms with Crippen molar-refractivity contribution < 1.29 is 23.8 Å². The fourth-order valence-corrected chi connectivity index (χ4v) is 3.30. The van der Waals surface area contributed by atoms with E-state index in [1.54, 1.807) is 18.9 Å². The highest BCUT2D eigenvalue weighted by atomic mass is 16.5. The van der Waals surface area contributed by atoms with Gasteiger partial charge in [0, 0.05) is 37.6 Å². The molecule has 6 heteroatoms. The van der Waals surface area contributed by atoms with E-state index in [0.29, 0.717) is 18.8 Å². The SMILES string of the molecule is CCOC1CC(N(C)C(=O)c2cc(C(=O)O)c(CC)o2)C1(C)C. The van der Waals surface area contributed by atoms with Gasteiger partial charge in [-0.05, 0) is 13.3 Å². The highest BCUT2D eigenvalue weighted by Crippen LogP contribution is 2.45. The van der Waals surface area contributed by atoms with E-state index in [-0.39, 0.29) is 34.8 Å². The number of carbonyl (C=O) groups excluding carboxylic acids is 1. The molecule has 1 aromatic rings. The minimum atomic E-state index is -1.08. The lowest BCUT2D eigenvalue weighted by Gasteiger charge is -2.54. The quantitative estimate of drug-likeness (QED) is 0.870. The fourth-order valence-electron chi connectivity index (χ4n) is 3.30. The maximum Gasteiger partial charge on any atom is 0.339 e. The Balaban J connectivity index is 2.17. The van der Waals surface area contributed by atoms with E-state index in [2.05, 4.69) is 13.8 Å². The number of carboxylic acid groups (broad SMARTS) is 1. The Hall–Kier alpha value is -1.82. The Morgan fingerprint density at radius 2 is 2.09 bits per heavy atom. The summed E-state index contributed by atoms with van der Waals surface area (Å²) in [4.78, 5) is 25.5. The summed E-state index contributed by atoms with van der Waals surface area (Å²) in [5.41, 5.74) is -0.0831. The standard InChI is InChI=1S/C17H25NO5/c1-6-11-10(16(20)21)8-12(23-11)15(19)18(5)13-9-14(22-7-2)17(13,3)4/h8,13-14H,6-7,9H2,1-5H3,(H,20,21). The van der Waals surface area contributed by atoms with Crippen LogP contribution in [0.3, 0.4) is 0 Å². The third-order valence-electron chi connectivity index (χ3n) is 4.85. The number of carbonyl (C=O) groups is 2. The maximum absolute atomic E-state index is 12.6. The number of aromatic carboxylic acids is 1. The number of furan rings is 1. The van der Waals surface area contributed by atoms with Crippen LogP contribution >= 0.6 is 0 Å².